The molecule has 0 N–H and O–H groups in total. The van der Waals surface area contributed by atoms with Crippen molar-refractivity contribution >= 4 is 63.2 Å². The highest BCUT2D eigenvalue weighted by Crippen LogP contribution is 2.38. The molecular weight excluding hydrogens is 473 g/mol. The van der Waals surface area contributed by atoms with Gasteiger partial charge in [-0.25, -0.2) is 4.68 Å². The summed E-state index contributed by atoms with van der Waals surface area (Å²) in [7, 11) is 3.91. The molecule has 31 heavy (non-hydrogen) atoms. The molecule has 0 radical (unpaired) electrons. The summed E-state index contributed by atoms with van der Waals surface area (Å²) in [5.41, 5.74) is 1.54. The zero-order valence-corrected chi connectivity index (χ0v) is 20.3. The van der Waals surface area contributed by atoms with Gasteiger partial charge >= 0.3 is 0 Å². The summed E-state index contributed by atoms with van der Waals surface area (Å²) in [5, 5.41) is 9.26. The van der Waals surface area contributed by atoms with Crippen molar-refractivity contribution in [3.63, 3.8) is 0 Å². The van der Waals surface area contributed by atoms with E-state index >= 15 is 0 Å². The van der Waals surface area contributed by atoms with Gasteiger partial charge in [0.25, 0.3) is 0 Å². The molecule has 3 aromatic carbocycles. The summed E-state index contributed by atoms with van der Waals surface area (Å²) in [4.78, 5) is 1.98. The number of aromatic nitrogens is 2. The molecule has 160 valence electrons. The van der Waals surface area contributed by atoms with Crippen molar-refractivity contribution < 1.29 is 4.74 Å². The van der Waals surface area contributed by atoms with Crippen molar-refractivity contribution in [1.29, 1.82) is 0 Å². The van der Waals surface area contributed by atoms with Gasteiger partial charge in [0.15, 0.2) is 0 Å². The highest BCUT2D eigenvalue weighted by Gasteiger charge is 2.24. The zero-order chi connectivity index (χ0) is 22.1. The molecule has 4 nitrogen and oxygen atoms in total. The van der Waals surface area contributed by atoms with Gasteiger partial charge in [-0.3, -0.25) is 0 Å². The maximum atomic E-state index is 6.49. The van der Waals surface area contributed by atoms with Crippen LogP contribution in [-0.2, 0) is 6.61 Å². The highest BCUT2D eigenvalue weighted by molar-refractivity contribution is 7.98. The topological polar surface area (TPSA) is 30.3 Å². The minimum atomic E-state index is 0.352. The van der Waals surface area contributed by atoms with E-state index in [1.165, 1.54) is 5.39 Å². The summed E-state index contributed by atoms with van der Waals surface area (Å²) in [6.45, 7) is 0.352. The largest absolute Gasteiger partial charge is 0.489 e. The number of halogens is 3. The van der Waals surface area contributed by atoms with E-state index in [1.807, 2.05) is 49.5 Å². The number of hydrogen-bond donors (Lipinski definition) is 0. The molecule has 1 heterocycles. The van der Waals surface area contributed by atoms with Crippen molar-refractivity contribution in [2.45, 2.75) is 11.6 Å². The number of nitrogens with zero attached hydrogens (tertiary/aromatic N) is 3. The summed E-state index contributed by atoms with van der Waals surface area (Å²) in [6, 6.07) is 17.6. The first kappa shape index (κ1) is 22.2. The van der Waals surface area contributed by atoms with E-state index in [9.17, 15) is 0 Å². The van der Waals surface area contributed by atoms with Crippen LogP contribution in [0.15, 0.2) is 59.6 Å². The fourth-order valence-electron chi connectivity index (χ4n) is 3.48. The van der Waals surface area contributed by atoms with E-state index in [-0.39, 0.29) is 0 Å². The Labute approximate surface area is 200 Å². The van der Waals surface area contributed by atoms with Crippen LogP contribution < -0.4 is 9.64 Å². The second-order valence-electron chi connectivity index (χ2n) is 7.13. The van der Waals surface area contributed by atoms with Gasteiger partial charge in [0.2, 0.25) is 0 Å². The number of anilines is 1. The molecule has 4 rings (SSSR count). The zero-order valence-electron chi connectivity index (χ0n) is 17.2. The lowest BCUT2D eigenvalue weighted by Gasteiger charge is -2.19. The second-order valence-corrected chi connectivity index (χ2v) is 9.18. The minimum Gasteiger partial charge on any atom is -0.489 e. The number of benzene rings is 3. The van der Waals surface area contributed by atoms with E-state index in [4.69, 9.17) is 44.6 Å². The van der Waals surface area contributed by atoms with Gasteiger partial charge in [-0.05, 0) is 41.3 Å². The molecule has 4 aromatic rings. The molecule has 0 bridgehead atoms. The smallest absolute Gasteiger partial charge is 0.139 e. The molecule has 0 aliphatic heterocycles. The molecule has 0 saturated carbocycles. The molecule has 0 saturated heterocycles. The van der Waals surface area contributed by atoms with Gasteiger partial charge in [-0.2, -0.15) is 5.10 Å². The Hall–Kier alpha value is -2.05. The Kier molecular flexibility index (Phi) is 6.58. The van der Waals surface area contributed by atoms with Crippen molar-refractivity contribution in [2.24, 2.45) is 0 Å². The average Bonchev–Trinajstić information content (AvgIpc) is 3.09. The van der Waals surface area contributed by atoms with E-state index in [0.29, 0.717) is 27.4 Å². The molecule has 0 spiro atoms. The van der Waals surface area contributed by atoms with Crippen LogP contribution in [0.5, 0.6) is 5.75 Å². The van der Waals surface area contributed by atoms with Crippen LogP contribution in [0.3, 0.4) is 0 Å². The number of rotatable bonds is 6. The van der Waals surface area contributed by atoms with Crippen molar-refractivity contribution in [2.75, 3.05) is 25.3 Å². The van der Waals surface area contributed by atoms with Gasteiger partial charge in [0.1, 0.15) is 28.9 Å². The van der Waals surface area contributed by atoms with E-state index in [2.05, 4.69) is 18.2 Å². The Bertz CT molecular complexity index is 1230. The standard InChI is InChI=1S/C23H20Cl3N3OS/c1-28(2)23-18(13-30-17-9-8-14-6-4-5-7-15(14)10-17)22(31-3)27-29(23)21-19(25)11-16(24)12-20(21)26/h4-12H,13H2,1-3H3. The molecule has 0 unspecified atom stereocenters. The van der Waals surface area contributed by atoms with E-state index in [0.717, 1.165) is 27.5 Å². The van der Waals surface area contributed by atoms with Gasteiger partial charge in [0.05, 0.1) is 15.6 Å². The fraction of sp³-hybridized carbons (Fsp3) is 0.174. The molecule has 0 aliphatic carbocycles. The predicted molar refractivity (Wildman–Crippen MR) is 133 cm³/mol. The molecule has 0 fully saturated rings. The maximum Gasteiger partial charge on any atom is 0.139 e. The Balaban J connectivity index is 1.75. The van der Waals surface area contributed by atoms with Gasteiger partial charge in [-0.1, -0.05) is 65.1 Å². The molecule has 0 aliphatic rings. The van der Waals surface area contributed by atoms with Gasteiger partial charge in [-0.15, -0.1) is 11.8 Å². The highest BCUT2D eigenvalue weighted by atomic mass is 35.5. The van der Waals surface area contributed by atoms with Crippen LogP contribution in [-0.4, -0.2) is 30.1 Å². The fourth-order valence-corrected chi connectivity index (χ4v) is 5.01. The van der Waals surface area contributed by atoms with E-state index in [1.54, 1.807) is 28.6 Å². The van der Waals surface area contributed by atoms with Crippen LogP contribution in [0.4, 0.5) is 5.82 Å². The van der Waals surface area contributed by atoms with Gasteiger partial charge in [0, 0.05) is 19.1 Å². The third-order valence-electron chi connectivity index (χ3n) is 4.83. The summed E-state index contributed by atoms with van der Waals surface area (Å²) >= 11 is 20.6. The average molecular weight is 493 g/mol. The molecule has 0 atom stereocenters. The number of hydrogen-bond acceptors (Lipinski definition) is 4. The lowest BCUT2D eigenvalue weighted by Crippen LogP contribution is -2.17. The van der Waals surface area contributed by atoms with Crippen LogP contribution in [0, 0.1) is 0 Å². The summed E-state index contributed by atoms with van der Waals surface area (Å²) in [5.74, 6) is 1.64. The molecule has 8 heteroatoms. The summed E-state index contributed by atoms with van der Waals surface area (Å²) < 4.78 is 7.94. The second kappa shape index (κ2) is 9.21. The Morgan fingerprint density at radius 1 is 0.968 bits per heavy atom. The lowest BCUT2D eigenvalue weighted by atomic mass is 10.1. The van der Waals surface area contributed by atoms with Crippen LogP contribution in [0.1, 0.15) is 5.56 Å². The van der Waals surface area contributed by atoms with Crippen LogP contribution in [0.25, 0.3) is 16.5 Å². The first-order valence-electron chi connectivity index (χ1n) is 9.48. The maximum absolute atomic E-state index is 6.49. The molecule has 1 aromatic heterocycles. The monoisotopic (exact) mass is 491 g/mol. The van der Waals surface area contributed by atoms with Crippen LogP contribution >= 0.6 is 46.6 Å². The third kappa shape index (κ3) is 4.46. The first-order chi connectivity index (χ1) is 14.9. The van der Waals surface area contributed by atoms with Crippen molar-refractivity contribution in [1.82, 2.24) is 9.78 Å². The van der Waals surface area contributed by atoms with Crippen molar-refractivity contribution in [3.8, 4) is 11.4 Å². The minimum absolute atomic E-state index is 0.352. The third-order valence-corrected chi connectivity index (χ3v) is 6.34. The summed E-state index contributed by atoms with van der Waals surface area (Å²) in [6.07, 6.45) is 1.98. The number of fused-ring (bicyclic) bond motifs is 1. The molecule has 0 amide bonds. The normalized spacial score (nSPS) is 11.2. The molecular formula is C23H20Cl3N3OS. The van der Waals surface area contributed by atoms with Gasteiger partial charge < -0.3 is 9.64 Å². The quantitative estimate of drug-likeness (QED) is 0.263. The Morgan fingerprint density at radius 2 is 1.65 bits per heavy atom. The lowest BCUT2D eigenvalue weighted by molar-refractivity contribution is 0.304. The predicted octanol–water partition coefficient (Wildman–Crippen LogP) is 7.35. The number of thioether (sulfide) groups is 1. The van der Waals surface area contributed by atoms with E-state index < -0.39 is 0 Å². The van der Waals surface area contributed by atoms with Crippen molar-refractivity contribution in [3.05, 3.63) is 75.2 Å². The SMILES string of the molecule is CSc1nn(-c2c(Cl)cc(Cl)cc2Cl)c(N(C)C)c1COc1ccc2ccccc2c1. The first-order valence-corrected chi connectivity index (χ1v) is 11.8. The number of ether oxygens (including phenoxy) is 1. The van der Waals surface area contributed by atoms with Crippen LogP contribution in [0.2, 0.25) is 15.1 Å². The Morgan fingerprint density at radius 3 is 2.29 bits per heavy atom.